The van der Waals surface area contributed by atoms with Gasteiger partial charge in [0.25, 0.3) is 0 Å². The largest absolute Gasteiger partial charge is 0.481 e. The van der Waals surface area contributed by atoms with Gasteiger partial charge < -0.3 is 10.0 Å². The second-order valence-corrected chi connectivity index (χ2v) is 4.17. The summed E-state index contributed by atoms with van der Waals surface area (Å²) in [6.07, 6.45) is 2.41. The third-order valence-electron chi connectivity index (χ3n) is 2.93. The molecule has 5 nitrogen and oxygen atoms in total. The topological polar surface area (TPSA) is 70.5 Å². The summed E-state index contributed by atoms with van der Waals surface area (Å²) in [6.45, 7) is 0.675. The number of rotatable bonds is 3. The molecule has 1 aliphatic heterocycles. The predicted octanol–water partition coefficient (Wildman–Crippen LogP) is 0.905. The first-order valence-corrected chi connectivity index (χ1v) is 5.57. The van der Waals surface area contributed by atoms with Crippen molar-refractivity contribution in [1.82, 2.24) is 9.88 Å². The lowest BCUT2D eigenvalue weighted by Crippen LogP contribution is -2.42. The first-order valence-electron chi connectivity index (χ1n) is 5.57. The molecule has 0 saturated carbocycles. The SMILES string of the molecule is O=C(O)C1CCC(=O)N(Cc2ccccn2)C1. The summed E-state index contributed by atoms with van der Waals surface area (Å²) < 4.78 is 0. The fourth-order valence-corrected chi connectivity index (χ4v) is 1.96. The first-order chi connectivity index (χ1) is 8.16. The van der Waals surface area contributed by atoms with E-state index in [4.69, 9.17) is 5.11 Å². The van der Waals surface area contributed by atoms with Crippen LogP contribution in [0.1, 0.15) is 18.5 Å². The van der Waals surface area contributed by atoms with Gasteiger partial charge >= 0.3 is 5.97 Å². The van der Waals surface area contributed by atoms with E-state index in [0.29, 0.717) is 19.4 Å². The van der Waals surface area contributed by atoms with E-state index in [9.17, 15) is 9.59 Å². The summed E-state index contributed by atoms with van der Waals surface area (Å²) in [5.41, 5.74) is 0.784. The maximum absolute atomic E-state index is 11.7. The lowest BCUT2D eigenvalue weighted by atomic mass is 9.97. The number of hydrogen-bond acceptors (Lipinski definition) is 3. The maximum Gasteiger partial charge on any atom is 0.308 e. The number of amides is 1. The highest BCUT2D eigenvalue weighted by atomic mass is 16.4. The van der Waals surface area contributed by atoms with Crippen LogP contribution in [0.5, 0.6) is 0 Å². The third-order valence-corrected chi connectivity index (χ3v) is 2.93. The highest BCUT2D eigenvalue weighted by Gasteiger charge is 2.29. The Kier molecular flexibility index (Phi) is 3.37. The number of pyridine rings is 1. The molecule has 1 N–H and O–H groups in total. The number of piperidine rings is 1. The molecule has 0 spiro atoms. The van der Waals surface area contributed by atoms with Crippen LogP contribution in [0.4, 0.5) is 0 Å². The van der Waals surface area contributed by atoms with E-state index in [1.807, 2.05) is 18.2 Å². The molecule has 1 unspecified atom stereocenters. The van der Waals surface area contributed by atoms with E-state index in [1.54, 1.807) is 11.1 Å². The zero-order valence-electron chi connectivity index (χ0n) is 9.37. The molecule has 0 aromatic carbocycles. The number of carboxylic acid groups (broad SMARTS) is 1. The normalized spacial score (nSPS) is 20.4. The molecule has 2 rings (SSSR count). The highest BCUT2D eigenvalue weighted by Crippen LogP contribution is 2.19. The molecule has 2 heterocycles. The van der Waals surface area contributed by atoms with Crippen molar-refractivity contribution in [3.63, 3.8) is 0 Å². The van der Waals surface area contributed by atoms with Crippen LogP contribution in [0, 0.1) is 5.92 Å². The van der Waals surface area contributed by atoms with E-state index >= 15 is 0 Å². The fraction of sp³-hybridized carbons (Fsp3) is 0.417. The molecule has 0 aliphatic carbocycles. The van der Waals surface area contributed by atoms with E-state index < -0.39 is 11.9 Å². The monoisotopic (exact) mass is 234 g/mol. The van der Waals surface area contributed by atoms with E-state index in [-0.39, 0.29) is 12.5 Å². The molecule has 1 aromatic rings. The molecule has 5 heteroatoms. The molecular weight excluding hydrogens is 220 g/mol. The third kappa shape index (κ3) is 2.81. The Bertz CT molecular complexity index is 419. The van der Waals surface area contributed by atoms with Gasteiger partial charge in [0.2, 0.25) is 5.91 Å². The Balaban J connectivity index is 2.04. The quantitative estimate of drug-likeness (QED) is 0.843. The van der Waals surface area contributed by atoms with Crippen LogP contribution in [0.15, 0.2) is 24.4 Å². The fourth-order valence-electron chi connectivity index (χ4n) is 1.96. The van der Waals surface area contributed by atoms with Gasteiger partial charge in [0, 0.05) is 19.2 Å². The summed E-state index contributed by atoms with van der Waals surface area (Å²) in [6, 6.07) is 5.49. The van der Waals surface area contributed by atoms with Crippen molar-refractivity contribution in [1.29, 1.82) is 0 Å². The number of carbonyl (C=O) groups excluding carboxylic acids is 1. The minimum atomic E-state index is -0.830. The van der Waals surface area contributed by atoms with Crippen molar-refractivity contribution >= 4 is 11.9 Å². The zero-order valence-corrected chi connectivity index (χ0v) is 9.37. The standard InChI is InChI=1S/C12H14N2O3/c15-11-5-4-9(12(16)17)7-14(11)8-10-3-1-2-6-13-10/h1-3,6,9H,4-5,7-8H2,(H,16,17). The van der Waals surface area contributed by atoms with Crippen LogP contribution in [-0.4, -0.2) is 33.4 Å². The molecule has 0 radical (unpaired) electrons. The summed E-state index contributed by atoms with van der Waals surface area (Å²) in [5, 5.41) is 8.95. The van der Waals surface area contributed by atoms with Gasteiger partial charge in [0.1, 0.15) is 0 Å². The maximum atomic E-state index is 11.7. The predicted molar refractivity (Wildman–Crippen MR) is 60.0 cm³/mol. The molecular formula is C12H14N2O3. The first kappa shape index (κ1) is 11.6. The van der Waals surface area contributed by atoms with Crippen LogP contribution in [0.3, 0.4) is 0 Å². The van der Waals surface area contributed by atoms with Crippen molar-refractivity contribution < 1.29 is 14.7 Å². The van der Waals surface area contributed by atoms with Crippen LogP contribution in [0.25, 0.3) is 0 Å². The van der Waals surface area contributed by atoms with E-state index in [1.165, 1.54) is 0 Å². The van der Waals surface area contributed by atoms with E-state index in [2.05, 4.69) is 4.98 Å². The number of nitrogens with zero attached hydrogens (tertiary/aromatic N) is 2. The second-order valence-electron chi connectivity index (χ2n) is 4.17. The summed E-state index contributed by atoms with van der Waals surface area (Å²) >= 11 is 0. The van der Waals surface area contributed by atoms with Gasteiger partial charge in [-0.25, -0.2) is 0 Å². The lowest BCUT2D eigenvalue weighted by molar-refractivity contribution is -0.147. The van der Waals surface area contributed by atoms with Crippen LogP contribution >= 0.6 is 0 Å². The molecule has 17 heavy (non-hydrogen) atoms. The number of aliphatic carboxylic acids is 1. The summed E-state index contributed by atoms with van der Waals surface area (Å²) in [7, 11) is 0. The molecule has 1 aliphatic rings. The molecule has 0 bridgehead atoms. The van der Waals surface area contributed by atoms with Crippen LogP contribution in [-0.2, 0) is 16.1 Å². The number of likely N-dealkylation sites (tertiary alicyclic amines) is 1. The number of carboxylic acids is 1. The van der Waals surface area contributed by atoms with Crippen molar-refractivity contribution in [2.75, 3.05) is 6.54 Å². The van der Waals surface area contributed by atoms with Crippen molar-refractivity contribution in [2.24, 2.45) is 5.92 Å². The van der Waals surface area contributed by atoms with Crippen molar-refractivity contribution in [2.45, 2.75) is 19.4 Å². The smallest absolute Gasteiger partial charge is 0.308 e. The molecule has 1 atom stereocenters. The summed E-state index contributed by atoms with van der Waals surface area (Å²) in [5.74, 6) is -1.27. The highest BCUT2D eigenvalue weighted by molar-refractivity contribution is 5.80. The molecule has 90 valence electrons. The van der Waals surface area contributed by atoms with Gasteiger partial charge in [-0.15, -0.1) is 0 Å². The zero-order chi connectivity index (χ0) is 12.3. The average Bonchev–Trinajstić information content (AvgIpc) is 2.33. The minimum Gasteiger partial charge on any atom is -0.481 e. The molecule has 1 saturated heterocycles. The number of aromatic nitrogens is 1. The molecule has 1 aromatic heterocycles. The molecule has 1 amide bonds. The summed E-state index contributed by atoms with van der Waals surface area (Å²) in [4.78, 5) is 28.3. The average molecular weight is 234 g/mol. The number of hydrogen-bond donors (Lipinski definition) is 1. The van der Waals surface area contributed by atoms with Crippen LogP contribution < -0.4 is 0 Å². The van der Waals surface area contributed by atoms with Gasteiger partial charge in [-0.2, -0.15) is 0 Å². The minimum absolute atomic E-state index is 0.00755. The Morgan fingerprint density at radius 3 is 3.00 bits per heavy atom. The van der Waals surface area contributed by atoms with Gasteiger partial charge in [0.15, 0.2) is 0 Å². The second kappa shape index (κ2) is 4.95. The Hall–Kier alpha value is -1.91. The van der Waals surface area contributed by atoms with Gasteiger partial charge in [-0.1, -0.05) is 6.07 Å². The Labute approximate surface area is 99.1 Å². The van der Waals surface area contributed by atoms with E-state index in [0.717, 1.165) is 5.69 Å². The van der Waals surface area contributed by atoms with Crippen LogP contribution in [0.2, 0.25) is 0 Å². The van der Waals surface area contributed by atoms with Crippen molar-refractivity contribution in [3.8, 4) is 0 Å². The molecule has 1 fully saturated rings. The lowest BCUT2D eigenvalue weighted by Gasteiger charge is -2.30. The van der Waals surface area contributed by atoms with Gasteiger partial charge in [0.05, 0.1) is 18.2 Å². The van der Waals surface area contributed by atoms with Gasteiger partial charge in [-0.3, -0.25) is 14.6 Å². The Morgan fingerprint density at radius 1 is 1.53 bits per heavy atom. The Morgan fingerprint density at radius 2 is 2.35 bits per heavy atom. The van der Waals surface area contributed by atoms with Crippen molar-refractivity contribution in [3.05, 3.63) is 30.1 Å². The number of carbonyl (C=O) groups is 2. The van der Waals surface area contributed by atoms with Gasteiger partial charge in [-0.05, 0) is 18.6 Å².